The van der Waals surface area contributed by atoms with Crippen molar-refractivity contribution in [3.8, 4) is 22.6 Å². The van der Waals surface area contributed by atoms with E-state index < -0.39 is 23.0 Å². The van der Waals surface area contributed by atoms with E-state index in [0.29, 0.717) is 53.0 Å². The molecule has 0 amide bonds. The van der Waals surface area contributed by atoms with E-state index in [2.05, 4.69) is 35.8 Å². The highest BCUT2D eigenvalue weighted by molar-refractivity contribution is 7.90. The number of hydrogen-bond acceptors (Lipinski definition) is 10. The molecule has 42 heavy (non-hydrogen) atoms. The molecular weight excluding hydrogens is 568 g/mol. The standard InChI is InChI=1S/C27H31F2N9O3S/c28-24(29)15-37-10-8-22(36-37)21-13-31-26(11-23(21)33-19-3-1-17(16-39)2-4-19)34-25-7-9-30-27(35-25)18-12-32-38(14-18)42(40,41)20-5-6-20/h7-14,17,19-20,24,39H,1-6,15-16H2,(H2,30,31,33,34,35). The second-order valence-electron chi connectivity index (χ2n) is 10.7. The van der Waals surface area contributed by atoms with Crippen LogP contribution in [0.4, 0.5) is 26.1 Å². The van der Waals surface area contributed by atoms with E-state index in [1.165, 1.54) is 23.3 Å². The van der Waals surface area contributed by atoms with Gasteiger partial charge in [-0.2, -0.15) is 14.3 Å². The Labute approximate surface area is 241 Å². The fourth-order valence-corrected chi connectivity index (χ4v) is 6.56. The van der Waals surface area contributed by atoms with E-state index in [4.69, 9.17) is 0 Å². The van der Waals surface area contributed by atoms with Gasteiger partial charge in [0.25, 0.3) is 16.4 Å². The van der Waals surface area contributed by atoms with E-state index in [1.807, 2.05) is 6.07 Å². The Morgan fingerprint density at radius 2 is 1.86 bits per heavy atom. The van der Waals surface area contributed by atoms with Gasteiger partial charge in [0.15, 0.2) is 5.82 Å². The van der Waals surface area contributed by atoms with Crippen LogP contribution in [-0.2, 0) is 16.6 Å². The van der Waals surface area contributed by atoms with E-state index >= 15 is 0 Å². The first-order valence-corrected chi connectivity index (χ1v) is 15.4. The minimum Gasteiger partial charge on any atom is -0.396 e. The Balaban J connectivity index is 1.25. The highest BCUT2D eigenvalue weighted by Crippen LogP contribution is 2.33. The summed E-state index contributed by atoms with van der Waals surface area (Å²) >= 11 is 0. The molecule has 2 aliphatic carbocycles. The Hall–Kier alpha value is -3.98. The molecule has 0 saturated heterocycles. The second-order valence-corrected chi connectivity index (χ2v) is 12.8. The van der Waals surface area contributed by atoms with Crippen LogP contribution in [0.2, 0.25) is 0 Å². The summed E-state index contributed by atoms with van der Waals surface area (Å²) in [5.74, 6) is 1.52. The lowest BCUT2D eigenvalue weighted by Crippen LogP contribution is -2.27. The molecule has 2 saturated carbocycles. The summed E-state index contributed by atoms with van der Waals surface area (Å²) in [4.78, 5) is 13.3. The van der Waals surface area contributed by atoms with Gasteiger partial charge in [0.1, 0.15) is 18.2 Å². The first-order valence-electron chi connectivity index (χ1n) is 13.9. The van der Waals surface area contributed by atoms with Gasteiger partial charge in [-0.15, -0.1) is 0 Å². The fourth-order valence-electron chi connectivity index (χ4n) is 5.08. The molecule has 6 rings (SSSR count). The van der Waals surface area contributed by atoms with Gasteiger partial charge < -0.3 is 15.7 Å². The third-order valence-electron chi connectivity index (χ3n) is 7.55. The first kappa shape index (κ1) is 28.2. The minimum atomic E-state index is -3.50. The van der Waals surface area contributed by atoms with Crippen molar-refractivity contribution in [2.45, 2.75) is 62.8 Å². The summed E-state index contributed by atoms with van der Waals surface area (Å²) in [5.41, 5.74) is 2.39. The Bertz CT molecular complexity index is 1650. The van der Waals surface area contributed by atoms with Gasteiger partial charge in [-0.3, -0.25) is 4.68 Å². The van der Waals surface area contributed by atoms with Crippen molar-refractivity contribution in [2.24, 2.45) is 5.92 Å². The summed E-state index contributed by atoms with van der Waals surface area (Å²) in [6, 6.07) is 5.33. The number of aromatic nitrogens is 7. The van der Waals surface area contributed by atoms with Gasteiger partial charge in [0.05, 0.1) is 28.9 Å². The number of halogens is 2. The zero-order valence-electron chi connectivity index (χ0n) is 22.6. The number of nitrogens with one attached hydrogen (secondary N) is 2. The third kappa shape index (κ3) is 6.26. The van der Waals surface area contributed by atoms with Crippen molar-refractivity contribution in [1.82, 2.24) is 33.9 Å². The number of hydrogen-bond donors (Lipinski definition) is 3. The molecule has 12 nitrogen and oxygen atoms in total. The normalized spacial score (nSPS) is 19.2. The maximum atomic E-state index is 12.9. The molecule has 15 heteroatoms. The molecule has 0 aliphatic heterocycles. The predicted octanol–water partition coefficient (Wildman–Crippen LogP) is 3.91. The molecule has 0 spiro atoms. The highest BCUT2D eigenvalue weighted by atomic mass is 32.2. The van der Waals surface area contributed by atoms with Gasteiger partial charge in [0.2, 0.25) is 0 Å². The molecule has 3 N–H and O–H groups in total. The lowest BCUT2D eigenvalue weighted by Gasteiger charge is -2.29. The number of aliphatic hydroxyl groups is 1. The van der Waals surface area contributed by atoms with Gasteiger partial charge in [-0.25, -0.2) is 32.2 Å². The van der Waals surface area contributed by atoms with E-state index in [1.54, 1.807) is 24.5 Å². The summed E-state index contributed by atoms with van der Waals surface area (Å²) in [5, 5.41) is 24.2. The number of nitrogens with zero attached hydrogens (tertiary/aromatic N) is 7. The van der Waals surface area contributed by atoms with Gasteiger partial charge in [-0.1, -0.05) is 0 Å². The van der Waals surface area contributed by atoms with Crippen LogP contribution in [-0.4, -0.2) is 71.8 Å². The molecule has 4 aromatic rings. The topological polar surface area (TPSA) is 153 Å². The summed E-state index contributed by atoms with van der Waals surface area (Å²) in [7, 11) is -3.50. The van der Waals surface area contributed by atoms with Crippen LogP contribution in [0.5, 0.6) is 0 Å². The molecule has 4 heterocycles. The first-order chi connectivity index (χ1) is 20.3. The van der Waals surface area contributed by atoms with Crippen molar-refractivity contribution < 1.29 is 22.3 Å². The summed E-state index contributed by atoms with van der Waals surface area (Å²) in [6.07, 6.45) is 9.89. The molecule has 222 valence electrons. The van der Waals surface area contributed by atoms with Crippen LogP contribution in [0.1, 0.15) is 38.5 Å². The quantitative estimate of drug-likeness (QED) is 0.231. The lowest BCUT2D eigenvalue weighted by molar-refractivity contribution is 0.122. The van der Waals surface area contributed by atoms with Gasteiger partial charge in [-0.05, 0) is 56.6 Å². The largest absolute Gasteiger partial charge is 0.396 e. The maximum absolute atomic E-state index is 12.9. The Kier molecular flexibility index (Phi) is 7.86. The van der Waals surface area contributed by atoms with Crippen LogP contribution in [0.3, 0.4) is 0 Å². The predicted molar refractivity (Wildman–Crippen MR) is 152 cm³/mol. The zero-order valence-corrected chi connectivity index (χ0v) is 23.5. The monoisotopic (exact) mass is 599 g/mol. The van der Waals surface area contributed by atoms with Gasteiger partial charge >= 0.3 is 0 Å². The molecule has 0 bridgehead atoms. The maximum Gasteiger partial charge on any atom is 0.257 e. The number of aliphatic hydroxyl groups excluding tert-OH is 1. The van der Waals surface area contributed by atoms with Crippen LogP contribution < -0.4 is 10.6 Å². The molecule has 0 aromatic carbocycles. The van der Waals surface area contributed by atoms with E-state index in [0.717, 1.165) is 35.5 Å². The molecule has 0 radical (unpaired) electrons. The Morgan fingerprint density at radius 3 is 2.60 bits per heavy atom. The molecular formula is C27H31F2N9O3S. The number of anilines is 3. The second kappa shape index (κ2) is 11.7. The van der Waals surface area contributed by atoms with Gasteiger partial charge in [0, 0.05) is 48.6 Å². The Morgan fingerprint density at radius 1 is 1.05 bits per heavy atom. The zero-order chi connectivity index (χ0) is 29.3. The van der Waals surface area contributed by atoms with Crippen molar-refractivity contribution in [1.29, 1.82) is 0 Å². The van der Waals surface area contributed by atoms with Crippen LogP contribution in [0.25, 0.3) is 22.6 Å². The fraction of sp³-hybridized carbons (Fsp3) is 0.444. The number of rotatable bonds is 11. The van der Waals surface area contributed by atoms with E-state index in [-0.39, 0.29) is 17.9 Å². The summed E-state index contributed by atoms with van der Waals surface area (Å²) in [6.45, 7) is -0.316. The smallest absolute Gasteiger partial charge is 0.257 e. The highest BCUT2D eigenvalue weighted by Gasteiger charge is 2.37. The average molecular weight is 600 g/mol. The van der Waals surface area contributed by atoms with Crippen LogP contribution >= 0.6 is 0 Å². The van der Waals surface area contributed by atoms with E-state index in [9.17, 15) is 22.3 Å². The third-order valence-corrected chi connectivity index (χ3v) is 9.58. The number of alkyl halides is 2. The van der Waals surface area contributed by atoms with Crippen molar-refractivity contribution in [3.63, 3.8) is 0 Å². The lowest BCUT2D eigenvalue weighted by atomic mass is 9.86. The average Bonchev–Trinajstić information content (AvgIpc) is 3.55. The molecule has 0 atom stereocenters. The molecule has 2 aliphatic rings. The number of pyridine rings is 1. The molecule has 2 fully saturated rings. The molecule has 4 aromatic heterocycles. The van der Waals surface area contributed by atoms with Crippen molar-refractivity contribution in [3.05, 3.63) is 49.2 Å². The minimum absolute atomic E-state index is 0.166. The molecule has 0 unspecified atom stereocenters. The van der Waals surface area contributed by atoms with Crippen molar-refractivity contribution in [2.75, 3.05) is 17.2 Å². The summed E-state index contributed by atoms with van der Waals surface area (Å²) < 4.78 is 53.0. The van der Waals surface area contributed by atoms with Crippen molar-refractivity contribution >= 4 is 27.3 Å². The van der Waals surface area contributed by atoms with Crippen LogP contribution in [0, 0.1) is 5.92 Å². The SMILES string of the molecule is O=S(=O)(C1CC1)n1cc(-c2nccc(Nc3cc(NC4CCC(CO)CC4)c(-c4ccn(CC(F)F)n4)cn3)n2)cn1. The van der Waals surface area contributed by atoms with Crippen LogP contribution in [0.15, 0.2) is 49.2 Å².